The van der Waals surface area contributed by atoms with E-state index in [-0.39, 0.29) is 18.3 Å². The standard InChI is InChI=1S/C29H29N3O3/c1-2-7-19(10-6-15-33)17-25-29(35)32-26-14-11-21-18-22(34)12-13-23(21)27(26)30-24(28(32)31-25)16-20-8-4-3-5-9-20/h3-10,12-13,18,25,33-34H,2,11,14-17H2,1H3/p+1/b10-6-,19-7+. The average molecular weight is 469 g/mol. The quantitative estimate of drug-likeness (QED) is 0.358. The number of nitrogens with zero attached hydrogens (tertiary/aromatic N) is 2. The van der Waals surface area contributed by atoms with E-state index in [9.17, 15) is 15.0 Å². The third-order valence-corrected chi connectivity index (χ3v) is 6.65. The Morgan fingerprint density at radius 3 is 2.80 bits per heavy atom. The molecule has 6 nitrogen and oxygen atoms in total. The molecule has 1 atom stereocenters. The number of benzene rings is 2. The molecule has 1 aromatic heterocycles. The van der Waals surface area contributed by atoms with Gasteiger partial charge in [-0.3, -0.25) is 5.32 Å². The second-order valence-corrected chi connectivity index (χ2v) is 9.05. The number of phenols is 1. The molecule has 0 bridgehead atoms. The first kappa shape index (κ1) is 23.0. The van der Waals surface area contributed by atoms with Crippen molar-refractivity contribution in [1.29, 1.82) is 0 Å². The molecule has 0 amide bonds. The van der Waals surface area contributed by atoms with Crippen LogP contribution in [0.1, 0.15) is 47.1 Å². The molecule has 0 saturated carbocycles. The second kappa shape index (κ2) is 9.84. The Bertz CT molecular complexity index is 1330. The van der Waals surface area contributed by atoms with Crippen LogP contribution < -0.4 is 9.88 Å². The number of hydrogen-bond donors (Lipinski definition) is 3. The van der Waals surface area contributed by atoms with Crippen molar-refractivity contribution in [2.75, 3.05) is 11.9 Å². The van der Waals surface area contributed by atoms with Gasteiger partial charge in [0.2, 0.25) is 0 Å². The summed E-state index contributed by atoms with van der Waals surface area (Å²) >= 11 is 0. The first-order valence-electron chi connectivity index (χ1n) is 12.2. The molecule has 6 heteroatoms. The van der Waals surface area contributed by atoms with E-state index in [4.69, 9.17) is 4.98 Å². The number of aliphatic hydroxyl groups is 1. The van der Waals surface area contributed by atoms with Crippen LogP contribution in [0.25, 0.3) is 11.3 Å². The number of anilines is 1. The summed E-state index contributed by atoms with van der Waals surface area (Å²) in [5.74, 6) is 1.04. The number of allylic oxidation sites excluding steroid dienone is 2. The van der Waals surface area contributed by atoms with Crippen molar-refractivity contribution in [1.82, 2.24) is 4.98 Å². The third kappa shape index (κ3) is 4.49. The van der Waals surface area contributed by atoms with E-state index in [0.29, 0.717) is 19.3 Å². The first-order chi connectivity index (χ1) is 17.1. The van der Waals surface area contributed by atoms with Crippen LogP contribution in [0.3, 0.4) is 0 Å². The predicted molar refractivity (Wildman–Crippen MR) is 135 cm³/mol. The van der Waals surface area contributed by atoms with Crippen molar-refractivity contribution in [2.45, 2.75) is 45.1 Å². The Balaban J connectivity index is 1.60. The SMILES string of the molecule is CC/C=C(\C=C/CO)CC1Nc2c(Cc3ccccc3)nc3c([n+]2C1=O)CCc1cc(O)ccc1-3. The molecule has 0 radical (unpaired) electrons. The fourth-order valence-corrected chi connectivity index (χ4v) is 5.09. The van der Waals surface area contributed by atoms with Crippen LogP contribution in [0.2, 0.25) is 0 Å². The lowest BCUT2D eigenvalue weighted by molar-refractivity contribution is -0.561. The highest BCUT2D eigenvalue weighted by atomic mass is 16.3. The molecular weight excluding hydrogens is 438 g/mol. The lowest BCUT2D eigenvalue weighted by Crippen LogP contribution is -2.48. The minimum atomic E-state index is -0.403. The van der Waals surface area contributed by atoms with Crippen LogP contribution in [0.4, 0.5) is 5.82 Å². The zero-order valence-electron chi connectivity index (χ0n) is 19.9. The molecule has 0 spiro atoms. The van der Waals surface area contributed by atoms with Gasteiger partial charge in [0.25, 0.3) is 0 Å². The highest BCUT2D eigenvalue weighted by Crippen LogP contribution is 2.35. The van der Waals surface area contributed by atoms with Crippen molar-refractivity contribution < 1.29 is 19.6 Å². The van der Waals surface area contributed by atoms with Crippen molar-refractivity contribution in [3.05, 3.63) is 94.8 Å². The first-order valence-corrected chi connectivity index (χ1v) is 12.2. The summed E-state index contributed by atoms with van der Waals surface area (Å²) in [7, 11) is 0. The Morgan fingerprint density at radius 1 is 1.20 bits per heavy atom. The van der Waals surface area contributed by atoms with Gasteiger partial charge in [0.15, 0.2) is 6.04 Å². The summed E-state index contributed by atoms with van der Waals surface area (Å²) in [5, 5.41) is 22.7. The highest BCUT2D eigenvalue weighted by Gasteiger charge is 2.44. The van der Waals surface area contributed by atoms with Gasteiger partial charge in [0.1, 0.15) is 22.8 Å². The average Bonchev–Trinajstić information content (AvgIpc) is 3.19. The van der Waals surface area contributed by atoms with Crippen LogP contribution in [0.15, 0.2) is 72.3 Å². The maximum absolute atomic E-state index is 13.8. The number of rotatable bonds is 7. The number of carbonyl (C=O) groups excluding carboxylic acids is 1. The molecule has 2 heterocycles. The molecule has 2 aromatic carbocycles. The van der Waals surface area contributed by atoms with Gasteiger partial charge in [-0.05, 0) is 47.7 Å². The molecule has 0 saturated heterocycles. The van der Waals surface area contributed by atoms with Crippen molar-refractivity contribution in [3.8, 4) is 17.0 Å². The summed E-state index contributed by atoms with van der Waals surface area (Å²) in [5.41, 5.74) is 6.74. The predicted octanol–water partition coefficient (Wildman–Crippen LogP) is 4.14. The normalized spacial score (nSPS) is 16.7. The molecule has 1 aliphatic carbocycles. The molecule has 1 aliphatic heterocycles. The van der Waals surface area contributed by atoms with Crippen LogP contribution >= 0.6 is 0 Å². The van der Waals surface area contributed by atoms with E-state index in [1.807, 2.05) is 34.9 Å². The van der Waals surface area contributed by atoms with Gasteiger partial charge in [-0.2, -0.15) is 4.57 Å². The summed E-state index contributed by atoms with van der Waals surface area (Å²) in [6.07, 6.45) is 9.11. The molecule has 1 unspecified atom stereocenters. The number of hydrogen-bond acceptors (Lipinski definition) is 5. The number of phenolic OH excluding ortho intramolecular Hbond substituents is 1. The fourth-order valence-electron chi connectivity index (χ4n) is 5.09. The highest BCUT2D eigenvalue weighted by molar-refractivity contribution is 5.84. The summed E-state index contributed by atoms with van der Waals surface area (Å²) in [6.45, 7) is 2.03. The maximum Gasteiger partial charge on any atom is 0.359 e. The van der Waals surface area contributed by atoms with Gasteiger partial charge in [-0.1, -0.05) is 55.5 Å². The van der Waals surface area contributed by atoms with Gasteiger partial charge < -0.3 is 10.2 Å². The number of aromatic hydroxyl groups is 1. The largest absolute Gasteiger partial charge is 0.508 e. The van der Waals surface area contributed by atoms with Gasteiger partial charge in [0.05, 0.1) is 6.61 Å². The topological polar surface area (TPSA) is 86.3 Å². The number of aromatic nitrogens is 2. The molecule has 2 aliphatic rings. The monoisotopic (exact) mass is 468 g/mol. The van der Waals surface area contributed by atoms with E-state index in [1.165, 1.54) is 0 Å². The van der Waals surface area contributed by atoms with E-state index < -0.39 is 6.04 Å². The van der Waals surface area contributed by atoms with Crippen molar-refractivity contribution >= 4 is 11.7 Å². The number of aliphatic hydroxyl groups excluding tert-OH is 1. The van der Waals surface area contributed by atoms with Crippen LogP contribution in [0.5, 0.6) is 5.75 Å². The zero-order valence-corrected chi connectivity index (χ0v) is 19.9. The number of aryl methyl sites for hydroxylation is 1. The summed E-state index contributed by atoms with van der Waals surface area (Å²) in [4.78, 5) is 18.9. The number of fused-ring (bicyclic) bond motifs is 5. The second-order valence-electron chi connectivity index (χ2n) is 9.05. The Kier molecular flexibility index (Phi) is 6.47. The van der Waals surface area contributed by atoms with Crippen LogP contribution in [-0.2, 0) is 19.3 Å². The molecule has 3 N–H and O–H groups in total. The third-order valence-electron chi connectivity index (χ3n) is 6.65. The van der Waals surface area contributed by atoms with Crippen molar-refractivity contribution in [2.24, 2.45) is 0 Å². The Hall–Kier alpha value is -3.77. The van der Waals surface area contributed by atoms with Crippen LogP contribution in [-0.4, -0.2) is 33.8 Å². The van der Waals surface area contributed by atoms with Gasteiger partial charge in [0, 0.05) is 24.8 Å². The molecular formula is C29H30N3O3+. The van der Waals surface area contributed by atoms with Gasteiger partial charge in [-0.15, -0.1) is 0 Å². The number of carbonyl (C=O) groups is 1. The smallest absolute Gasteiger partial charge is 0.359 e. The summed E-state index contributed by atoms with van der Waals surface area (Å²) < 4.78 is 1.85. The lowest BCUT2D eigenvalue weighted by Gasteiger charge is -2.20. The number of nitrogens with one attached hydrogen (secondary N) is 1. The minimum absolute atomic E-state index is 0.0228. The van der Waals surface area contributed by atoms with Crippen molar-refractivity contribution in [3.63, 3.8) is 0 Å². The fraction of sp³-hybridized carbons (Fsp3) is 0.276. The maximum atomic E-state index is 13.8. The molecule has 35 heavy (non-hydrogen) atoms. The molecule has 178 valence electrons. The Labute approximate surface area is 205 Å². The van der Waals surface area contributed by atoms with E-state index in [0.717, 1.165) is 58.0 Å². The van der Waals surface area contributed by atoms with E-state index in [2.05, 4.69) is 30.4 Å². The lowest BCUT2D eigenvalue weighted by atomic mass is 9.91. The van der Waals surface area contributed by atoms with Gasteiger partial charge >= 0.3 is 11.7 Å². The molecule has 5 rings (SSSR count). The minimum Gasteiger partial charge on any atom is -0.508 e. The van der Waals surface area contributed by atoms with Crippen LogP contribution in [0, 0.1) is 0 Å². The summed E-state index contributed by atoms with van der Waals surface area (Å²) in [6, 6.07) is 15.1. The van der Waals surface area contributed by atoms with Gasteiger partial charge in [-0.25, -0.2) is 9.78 Å². The molecule has 3 aromatic rings. The Morgan fingerprint density at radius 2 is 2.03 bits per heavy atom. The van der Waals surface area contributed by atoms with E-state index in [1.54, 1.807) is 18.2 Å². The zero-order chi connectivity index (χ0) is 24.4. The molecule has 0 fully saturated rings. The van der Waals surface area contributed by atoms with E-state index >= 15 is 0 Å².